The monoisotopic (exact) mass is 395 g/mol. The molecule has 2 aromatic rings. The van der Waals surface area contributed by atoms with E-state index in [0.717, 1.165) is 43.3 Å². The highest BCUT2D eigenvalue weighted by Crippen LogP contribution is 2.29. The Kier molecular flexibility index (Phi) is 6.37. The summed E-state index contributed by atoms with van der Waals surface area (Å²) in [6, 6.07) is 8.75. The Hall–Kier alpha value is -2.50. The standard InChI is InChI=1S/C23H33N5O/c1-3-25-23(27-13-11-18(2)21(16-27)28-14-12-24-17-28)26-15-19-7-4-5-10-22(19)29-20-8-6-9-20/h4-5,7,10,12,14,17-18,20-21H,3,6,8-9,11,13,15-16H2,1-2H3,(H,25,26). The van der Waals surface area contributed by atoms with E-state index in [9.17, 15) is 0 Å². The van der Waals surface area contributed by atoms with Crippen molar-refractivity contribution in [3.63, 3.8) is 0 Å². The number of aromatic nitrogens is 2. The number of hydrogen-bond acceptors (Lipinski definition) is 3. The summed E-state index contributed by atoms with van der Waals surface area (Å²) in [6.07, 6.45) is 11.0. The van der Waals surface area contributed by atoms with Gasteiger partial charge in [0.15, 0.2) is 5.96 Å². The summed E-state index contributed by atoms with van der Waals surface area (Å²) in [5.74, 6) is 2.60. The summed E-state index contributed by atoms with van der Waals surface area (Å²) in [5, 5.41) is 3.50. The van der Waals surface area contributed by atoms with Crippen LogP contribution in [-0.4, -0.2) is 46.1 Å². The van der Waals surface area contributed by atoms with Gasteiger partial charge in [-0.05, 0) is 44.6 Å². The van der Waals surface area contributed by atoms with Gasteiger partial charge in [0.25, 0.3) is 0 Å². The van der Waals surface area contributed by atoms with Gasteiger partial charge >= 0.3 is 0 Å². The number of hydrogen-bond donors (Lipinski definition) is 1. The van der Waals surface area contributed by atoms with Crippen LogP contribution >= 0.6 is 0 Å². The molecule has 1 saturated heterocycles. The maximum Gasteiger partial charge on any atom is 0.194 e. The second-order valence-electron chi connectivity index (χ2n) is 8.24. The molecule has 6 nitrogen and oxygen atoms in total. The highest BCUT2D eigenvalue weighted by Gasteiger charge is 2.29. The quantitative estimate of drug-likeness (QED) is 0.596. The average Bonchev–Trinajstić information content (AvgIpc) is 3.24. The largest absolute Gasteiger partial charge is 0.490 e. The van der Waals surface area contributed by atoms with E-state index in [-0.39, 0.29) is 0 Å². The molecule has 0 radical (unpaired) electrons. The number of likely N-dealkylation sites (tertiary alicyclic amines) is 1. The number of ether oxygens (including phenoxy) is 1. The summed E-state index contributed by atoms with van der Waals surface area (Å²) in [7, 11) is 0. The maximum atomic E-state index is 6.19. The molecule has 29 heavy (non-hydrogen) atoms. The van der Waals surface area contributed by atoms with Crippen molar-refractivity contribution in [3.8, 4) is 5.75 Å². The van der Waals surface area contributed by atoms with Crippen molar-refractivity contribution in [2.45, 2.75) is 58.2 Å². The van der Waals surface area contributed by atoms with Crippen molar-refractivity contribution in [1.82, 2.24) is 19.8 Å². The van der Waals surface area contributed by atoms with Crippen LogP contribution in [0.1, 0.15) is 51.1 Å². The summed E-state index contributed by atoms with van der Waals surface area (Å²) in [4.78, 5) is 11.6. The van der Waals surface area contributed by atoms with Crippen LogP contribution in [-0.2, 0) is 6.54 Å². The third-order valence-electron chi connectivity index (χ3n) is 6.18. The molecule has 4 rings (SSSR count). The number of benzene rings is 1. The third-order valence-corrected chi connectivity index (χ3v) is 6.18. The van der Waals surface area contributed by atoms with Gasteiger partial charge in [0.05, 0.1) is 25.0 Å². The lowest BCUT2D eigenvalue weighted by Crippen LogP contribution is -2.49. The van der Waals surface area contributed by atoms with Gasteiger partial charge in [0.1, 0.15) is 5.75 Å². The van der Waals surface area contributed by atoms with Gasteiger partial charge in [0.2, 0.25) is 0 Å². The first kappa shape index (κ1) is 19.8. The van der Waals surface area contributed by atoms with E-state index in [1.165, 1.54) is 19.3 Å². The van der Waals surface area contributed by atoms with Crippen LogP contribution in [0.5, 0.6) is 5.75 Å². The third kappa shape index (κ3) is 4.74. The van der Waals surface area contributed by atoms with E-state index in [1.54, 1.807) is 0 Å². The molecule has 0 bridgehead atoms. The van der Waals surface area contributed by atoms with Crippen molar-refractivity contribution in [2.24, 2.45) is 10.9 Å². The molecule has 1 aliphatic carbocycles. The molecule has 0 amide bonds. The van der Waals surface area contributed by atoms with E-state index in [2.05, 4.69) is 58.0 Å². The number of nitrogens with one attached hydrogen (secondary N) is 1. The van der Waals surface area contributed by atoms with Crippen molar-refractivity contribution in [2.75, 3.05) is 19.6 Å². The fourth-order valence-corrected chi connectivity index (χ4v) is 4.10. The summed E-state index contributed by atoms with van der Waals surface area (Å²) in [6.45, 7) is 7.93. The molecule has 1 aromatic carbocycles. The Labute approximate surface area is 174 Å². The minimum absolute atomic E-state index is 0.382. The Morgan fingerprint density at radius 2 is 2.14 bits per heavy atom. The highest BCUT2D eigenvalue weighted by atomic mass is 16.5. The van der Waals surface area contributed by atoms with Gasteiger partial charge in [0, 0.05) is 37.6 Å². The molecule has 2 aliphatic rings. The first-order chi connectivity index (χ1) is 14.2. The number of guanidine groups is 1. The van der Waals surface area contributed by atoms with Gasteiger partial charge in [-0.3, -0.25) is 0 Å². The summed E-state index contributed by atoms with van der Waals surface area (Å²) < 4.78 is 8.42. The topological polar surface area (TPSA) is 54.7 Å². The molecule has 6 heteroatoms. The first-order valence-electron chi connectivity index (χ1n) is 11.0. The lowest BCUT2D eigenvalue weighted by atomic mass is 9.93. The van der Waals surface area contributed by atoms with Crippen molar-refractivity contribution >= 4 is 5.96 Å². The number of rotatable bonds is 6. The van der Waals surface area contributed by atoms with Crippen LogP contribution in [0.3, 0.4) is 0 Å². The van der Waals surface area contributed by atoms with Crippen LogP contribution in [0, 0.1) is 5.92 Å². The number of piperidine rings is 1. The Balaban J connectivity index is 1.48. The van der Waals surface area contributed by atoms with Gasteiger partial charge in [-0.2, -0.15) is 0 Å². The molecule has 2 unspecified atom stereocenters. The van der Waals surface area contributed by atoms with Crippen LogP contribution in [0.25, 0.3) is 0 Å². The maximum absolute atomic E-state index is 6.19. The summed E-state index contributed by atoms with van der Waals surface area (Å²) in [5.41, 5.74) is 1.16. The Bertz CT molecular complexity index is 799. The molecule has 156 valence electrons. The predicted molar refractivity (Wildman–Crippen MR) is 116 cm³/mol. The number of para-hydroxylation sites is 1. The minimum atomic E-state index is 0.382. The lowest BCUT2D eigenvalue weighted by Gasteiger charge is -2.39. The molecule has 2 atom stereocenters. The molecular formula is C23H33N5O. The molecule has 2 heterocycles. The molecule has 1 saturated carbocycles. The highest BCUT2D eigenvalue weighted by molar-refractivity contribution is 5.80. The van der Waals surface area contributed by atoms with Crippen LogP contribution in [0.2, 0.25) is 0 Å². The van der Waals surface area contributed by atoms with Gasteiger partial charge in [-0.1, -0.05) is 25.1 Å². The number of nitrogens with zero attached hydrogens (tertiary/aromatic N) is 4. The van der Waals surface area contributed by atoms with Crippen LogP contribution < -0.4 is 10.1 Å². The van der Waals surface area contributed by atoms with Crippen LogP contribution in [0.15, 0.2) is 48.0 Å². The number of imidazole rings is 1. The predicted octanol–water partition coefficient (Wildman–Crippen LogP) is 3.86. The SMILES string of the molecule is CCNC(=NCc1ccccc1OC1CCC1)N1CCC(C)C(n2ccnc2)C1. The van der Waals surface area contributed by atoms with Gasteiger partial charge < -0.3 is 19.5 Å². The zero-order valence-electron chi connectivity index (χ0n) is 17.6. The van der Waals surface area contributed by atoms with E-state index < -0.39 is 0 Å². The minimum Gasteiger partial charge on any atom is -0.490 e. The van der Waals surface area contributed by atoms with Crippen molar-refractivity contribution < 1.29 is 4.74 Å². The molecule has 1 aliphatic heterocycles. The zero-order valence-corrected chi connectivity index (χ0v) is 17.6. The normalized spacial score (nSPS) is 23.0. The molecule has 2 fully saturated rings. The van der Waals surface area contributed by atoms with E-state index in [1.807, 2.05) is 18.6 Å². The van der Waals surface area contributed by atoms with Gasteiger partial charge in [-0.25, -0.2) is 9.98 Å². The first-order valence-corrected chi connectivity index (χ1v) is 11.0. The second-order valence-corrected chi connectivity index (χ2v) is 8.24. The van der Waals surface area contributed by atoms with Crippen LogP contribution in [0.4, 0.5) is 0 Å². The molecule has 1 aromatic heterocycles. The molecular weight excluding hydrogens is 362 g/mol. The van der Waals surface area contributed by atoms with E-state index in [4.69, 9.17) is 9.73 Å². The summed E-state index contributed by atoms with van der Waals surface area (Å²) >= 11 is 0. The average molecular weight is 396 g/mol. The molecule has 1 N–H and O–H groups in total. The van der Waals surface area contributed by atoms with E-state index >= 15 is 0 Å². The van der Waals surface area contributed by atoms with Crippen molar-refractivity contribution in [1.29, 1.82) is 0 Å². The van der Waals surface area contributed by atoms with Gasteiger partial charge in [-0.15, -0.1) is 0 Å². The fraction of sp³-hybridized carbons (Fsp3) is 0.565. The fourth-order valence-electron chi connectivity index (χ4n) is 4.10. The Morgan fingerprint density at radius 1 is 1.28 bits per heavy atom. The van der Waals surface area contributed by atoms with Crippen molar-refractivity contribution in [3.05, 3.63) is 48.5 Å². The smallest absolute Gasteiger partial charge is 0.194 e. The zero-order chi connectivity index (χ0) is 20.1. The Morgan fingerprint density at radius 3 is 2.86 bits per heavy atom. The second kappa shape index (κ2) is 9.33. The number of aliphatic imine (C=N–C) groups is 1. The molecule has 0 spiro atoms. The van der Waals surface area contributed by atoms with E-state index in [0.29, 0.717) is 24.6 Å². The lowest BCUT2D eigenvalue weighted by molar-refractivity contribution is 0.119.